The molecule has 2 aliphatic rings. The summed E-state index contributed by atoms with van der Waals surface area (Å²) in [5.41, 5.74) is 0.953. The fourth-order valence-corrected chi connectivity index (χ4v) is 3.30. The maximum atomic E-state index is 13.8. The molecule has 2 aromatic rings. The highest BCUT2D eigenvalue weighted by Gasteiger charge is 2.78. The molecule has 0 radical (unpaired) electrons. The van der Waals surface area contributed by atoms with E-state index in [4.69, 9.17) is 0 Å². The van der Waals surface area contributed by atoms with E-state index < -0.39 is 23.2 Å². The van der Waals surface area contributed by atoms with Gasteiger partial charge in [0.2, 0.25) is 0 Å². The number of hydrogen-bond donors (Lipinski definition) is 3. The van der Waals surface area contributed by atoms with Gasteiger partial charge in [-0.05, 0) is 6.42 Å². The summed E-state index contributed by atoms with van der Waals surface area (Å²) < 4.78 is 27.6. The number of alkyl halides is 2. The zero-order valence-electron chi connectivity index (χ0n) is 11.2. The molecule has 8 heteroatoms. The van der Waals surface area contributed by atoms with Crippen LogP contribution in [-0.2, 0) is 12.8 Å². The van der Waals surface area contributed by atoms with E-state index in [0.29, 0.717) is 16.9 Å². The van der Waals surface area contributed by atoms with Crippen LogP contribution in [-0.4, -0.2) is 32.2 Å². The van der Waals surface area contributed by atoms with Crippen LogP contribution in [0, 0.1) is 11.3 Å². The van der Waals surface area contributed by atoms with E-state index in [1.807, 2.05) is 0 Å². The van der Waals surface area contributed by atoms with Crippen molar-refractivity contribution in [1.82, 2.24) is 20.4 Å². The summed E-state index contributed by atoms with van der Waals surface area (Å²) in [6.45, 7) is 1.59. The second-order valence-corrected chi connectivity index (χ2v) is 5.94. The Bertz CT molecular complexity index is 723. The van der Waals surface area contributed by atoms with Gasteiger partial charge in [0.15, 0.2) is 5.69 Å². The second kappa shape index (κ2) is 3.69. The third-order valence-electron chi connectivity index (χ3n) is 4.76. The Morgan fingerprint density at radius 1 is 1.52 bits per heavy atom. The Balaban J connectivity index is 1.62. The van der Waals surface area contributed by atoms with Crippen LogP contribution in [0.4, 0.5) is 14.5 Å². The first-order valence-electron chi connectivity index (χ1n) is 6.67. The number of carbonyl (C=O) groups is 1. The van der Waals surface area contributed by atoms with E-state index in [1.165, 1.54) is 12.4 Å². The number of rotatable bonds is 2. The molecule has 0 aromatic carbocycles. The van der Waals surface area contributed by atoms with Crippen molar-refractivity contribution in [3.05, 3.63) is 29.3 Å². The van der Waals surface area contributed by atoms with Crippen LogP contribution in [0.3, 0.4) is 0 Å². The van der Waals surface area contributed by atoms with Gasteiger partial charge in [0.05, 0.1) is 11.9 Å². The first kappa shape index (κ1) is 12.5. The lowest BCUT2D eigenvalue weighted by Gasteiger charge is -2.15. The zero-order chi connectivity index (χ0) is 14.8. The molecule has 6 nitrogen and oxygen atoms in total. The molecule has 2 aliphatic carbocycles. The first-order valence-corrected chi connectivity index (χ1v) is 6.67. The number of hydrogen-bond acceptors (Lipinski definition) is 3. The lowest BCUT2D eigenvalue weighted by Crippen LogP contribution is -2.18. The molecule has 4 rings (SSSR count). The normalized spacial score (nSPS) is 28.6. The maximum Gasteiger partial charge on any atom is 0.276 e. The third-order valence-corrected chi connectivity index (χ3v) is 4.76. The van der Waals surface area contributed by atoms with Crippen LogP contribution in [0.15, 0.2) is 12.4 Å². The number of nitrogens with one attached hydrogen (secondary N) is 3. The fourth-order valence-electron chi connectivity index (χ4n) is 3.30. The molecule has 0 saturated heterocycles. The van der Waals surface area contributed by atoms with Gasteiger partial charge in [0.1, 0.15) is 0 Å². The SMILES string of the molecule is CC12Cc3[nH]nc(C(=O)Nc4cn[nH]c4)c3CC1C2(F)F. The molecule has 0 bridgehead atoms. The van der Waals surface area contributed by atoms with Crippen molar-refractivity contribution in [1.29, 1.82) is 0 Å². The lowest BCUT2D eigenvalue weighted by atomic mass is 9.87. The highest BCUT2D eigenvalue weighted by atomic mass is 19.3. The van der Waals surface area contributed by atoms with Gasteiger partial charge in [-0.2, -0.15) is 10.2 Å². The predicted molar refractivity (Wildman–Crippen MR) is 69.1 cm³/mol. The van der Waals surface area contributed by atoms with Crippen molar-refractivity contribution in [2.75, 3.05) is 5.32 Å². The molecular formula is C13H13F2N5O. The molecule has 21 heavy (non-hydrogen) atoms. The number of amides is 1. The molecule has 0 aliphatic heterocycles. The largest absolute Gasteiger partial charge is 0.318 e. The summed E-state index contributed by atoms with van der Waals surface area (Å²) in [7, 11) is 0. The lowest BCUT2D eigenvalue weighted by molar-refractivity contribution is 0.0631. The van der Waals surface area contributed by atoms with Crippen LogP contribution < -0.4 is 5.32 Å². The Kier molecular flexibility index (Phi) is 2.19. The van der Waals surface area contributed by atoms with Gasteiger partial charge in [0.25, 0.3) is 11.8 Å². The monoisotopic (exact) mass is 293 g/mol. The van der Waals surface area contributed by atoms with Crippen molar-refractivity contribution in [3.63, 3.8) is 0 Å². The molecule has 3 N–H and O–H groups in total. The Labute approximate surface area is 118 Å². The Hall–Kier alpha value is -2.25. The summed E-state index contributed by atoms with van der Waals surface area (Å²) >= 11 is 0. The molecular weight excluding hydrogens is 280 g/mol. The van der Waals surface area contributed by atoms with Gasteiger partial charge in [-0.1, -0.05) is 6.92 Å². The van der Waals surface area contributed by atoms with Crippen molar-refractivity contribution in [2.24, 2.45) is 11.3 Å². The van der Waals surface area contributed by atoms with Gasteiger partial charge in [-0.3, -0.25) is 15.0 Å². The average Bonchev–Trinajstić information content (AvgIpc) is 2.92. The first-order chi connectivity index (χ1) is 9.93. The average molecular weight is 293 g/mol. The number of carbonyl (C=O) groups excluding carboxylic acids is 1. The van der Waals surface area contributed by atoms with Gasteiger partial charge in [-0.15, -0.1) is 0 Å². The number of H-pyrrole nitrogens is 2. The standard InChI is InChI=1S/C13H13F2N5O/c1-12-3-8-7(2-9(12)13(12,14)15)10(20-19-8)11(21)18-6-4-16-17-5-6/h4-5,9H,2-3H2,1H3,(H,16,17)(H,18,21)(H,19,20). The second-order valence-electron chi connectivity index (χ2n) is 5.94. The zero-order valence-corrected chi connectivity index (χ0v) is 11.2. The number of aromatic amines is 2. The number of anilines is 1. The molecule has 0 spiro atoms. The number of halogens is 2. The van der Waals surface area contributed by atoms with Crippen LogP contribution in [0.5, 0.6) is 0 Å². The molecule has 1 amide bonds. The van der Waals surface area contributed by atoms with E-state index in [9.17, 15) is 13.6 Å². The van der Waals surface area contributed by atoms with E-state index in [-0.39, 0.29) is 18.5 Å². The van der Waals surface area contributed by atoms with E-state index in [0.717, 1.165) is 0 Å². The summed E-state index contributed by atoms with van der Waals surface area (Å²) in [5.74, 6) is -3.78. The minimum absolute atomic E-state index is 0.184. The summed E-state index contributed by atoms with van der Waals surface area (Å²) in [4.78, 5) is 12.2. The Morgan fingerprint density at radius 2 is 2.33 bits per heavy atom. The molecule has 2 heterocycles. The minimum Gasteiger partial charge on any atom is -0.318 e. The van der Waals surface area contributed by atoms with Crippen molar-refractivity contribution in [2.45, 2.75) is 25.7 Å². The molecule has 1 saturated carbocycles. The van der Waals surface area contributed by atoms with Crippen LogP contribution in [0.25, 0.3) is 0 Å². The summed E-state index contributed by atoms with van der Waals surface area (Å²) in [5, 5.41) is 15.7. The molecule has 110 valence electrons. The summed E-state index contributed by atoms with van der Waals surface area (Å²) in [6, 6.07) is 0. The topological polar surface area (TPSA) is 86.5 Å². The smallest absolute Gasteiger partial charge is 0.276 e. The molecule has 2 atom stereocenters. The third kappa shape index (κ3) is 1.52. The minimum atomic E-state index is -2.66. The van der Waals surface area contributed by atoms with Crippen molar-refractivity contribution in [3.8, 4) is 0 Å². The molecule has 1 fully saturated rings. The van der Waals surface area contributed by atoms with Crippen LogP contribution >= 0.6 is 0 Å². The van der Waals surface area contributed by atoms with E-state index in [2.05, 4.69) is 25.7 Å². The van der Waals surface area contributed by atoms with E-state index in [1.54, 1.807) is 6.92 Å². The highest BCUT2D eigenvalue weighted by Crippen LogP contribution is 2.70. The van der Waals surface area contributed by atoms with Crippen molar-refractivity contribution < 1.29 is 13.6 Å². The van der Waals surface area contributed by atoms with Gasteiger partial charge in [-0.25, -0.2) is 8.78 Å². The van der Waals surface area contributed by atoms with Crippen molar-refractivity contribution >= 4 is 11.6 Å². The van der Waals surface area contributed by atoms with Crippen LogP contribution in [0.1, 0.15) is 28.7 Å². The summed E-state index contributed by atoms with van der Waals surface area (Å²) in [6.07, 6.45) is 3.40. The fraction of sp³-hybridized carbons (Fsp3) is 0.462. The molecule has 2 aromatic heterocycles. The number of aromatic nitrogens is 4. The number of nitrogens with zero attached hydrogens (tertiary/aromatic N) is 2. The number of fused-ring (bicyclic) bond motifs is 2. The van der Waals surface area contributed by atoms with Gasteiger partial charge >= 0.3 is 0 Å². The quantitative estimate of drug-likeness (QED) is 0.788. The predicted octanol–water partition coefficient (Wildman–Crippen LogP) is 1.76. The highest BCUT2D eigenvalue weighted by molar-refractivity contribution is 6.04. The maximum absolute atomic E-state index is 13.8. The van der Waals surface area contributed by atoms with Crippen LogP contribution in [0.2, 0.25) is 0 Å². The van der Waals surface area contributed by atoms with Gasteiger partial charge in [0, 0.05) is 35.2 Å². The molecule has 2 unspecified atom stereocenters. The Morgan fingerprint density at radius 3 is 3.05 bits per heavy atom. The van der Waals surface area contributed by atoms with Gasteiger partial charge < -0.3 is 5.32 Å². The van der Waals surface area contributed by atoms with E-state index >= 15 is 0 Å².